The van der Waals surface area contributed by atoms with Crippen LogP contribution >= 0.6 is 0 Å². The average molecular weight is 269 g/mol. The van der Waals surface area contributed by atoms with E-state index in [1.807, 2.05) is 0 Å². The van der Waals surface area contributed by atoms with Gasteiger partial charge in [-0.2, -0.15) is 0 Å². The highest BCUT2D eigenvalue weighted by atomic mass is 19.1. The van der Waals surface area contributed by atoms with Crippen LogP contribution in [0.5, 0.6) is 0 Å². The van der Waals surface area contributed by atoms with Crippen LogP contribution in [0.15, 0.2) is 18.2 Å². The van der Waals surface area contributed by atoms with Gasteiger partial charge in [0.15, 0.2) is 0 Å². The average Bonchev–Trinajstić information content (AvgIpc) is 2.37. The Labute approximate surface area is 112 Å². The first-order valence-electron chi connectivity index (χ1n) is 6.49. The van der Waals surface area contributed by atoms with Gasteiger partial charge in [0.1, 0.15) is 5.82 Å². The largest absolute Gasteiger partial charge is 0.478 e. The van der Waals surface area contributed by atoms with Crippen molar-refractivity contribution in [1.82, 2.24) is 0 Å². The summed E-state index contributed by atoms with van der Waals surface area (Å²) in [5.74, 6) is -1.98. The van der Waals surface area contributed by atoms with Crippen LogP contribution in [0, 0.1) is 5.82 Å². The van der Waals surface area contributed by atoms with Crippen molar-refractivity contribution in [1.29, 1.82) is 0 Å². The van der Waals surface area contributed by atoms with Crippen molar-refractivity contribution < 1.29 is 19.0 Å². The first-order chi connectivity index (χ1) is 9.15. The maximum Gasteiger partial charge on any atom is 0.338 e. The van der Waals surface area contributed by atoms with Crippen molar-refractivity contribution in [3.8, 4) is 0 Å². The van der Waals surface area contributed by atoms with Gasteiger partial charge in [-0.1, -0.05) is 13.3 Å². The normalized spacial score (nSPS) is 10.4. The van der Waals surface area contributed by atoms with Gasteiger partial charge >= 0.3 is 5.97 Å². The van der Waals surface area contributed by atoms with Crippen LogP contribution in [0.1, 0.15) is 36.5 Å². The molecule has 5 heteroatoms. The fraction of sp³-hybridized carbons (Fsp3) is 0.500. The molecule has 0 aliphatic rings. The monoisotopic (exact) mass is 269 g/mol. The minimum Gasteiger partial charge on any atom is -0.478 e. The summed E-state index contributed by atoms with van der Waals surface area (Å²) >= 11 is 0. The number of unbranched alkanes of at least 4 members (excludes halogenated alkanes) is 1. The number of carbonyl (C=O) groups is 1. The Morgan fingerprint density at radius 3 is 2.74 bits per heavy atom. The van der Waals surface area contributed by atoms with Gasteiger partial charge in [-0.3, -0.25) is 0 Å². The minimum absolute atomic E-state index is 0.312. The third kappa shape index (κ3) is 5.70. The van der Waals surface area contributed by atoms with Crippen LogP contribution < -0.4 is 5.32 Å². The van der Waals surface area contributed by atoms with Crippen molar-refractivity contribution in [2.24, 2.45) is 0 Å². The molecule has 2 N–H and O–H groups in total. The number of nitrogens with one attached hydrogen (secondary N) is 1. The predicted octanol–water partition coefficient (Wildman–Crippen LogP) is 3.14. The van der Waals surface area contributed by atoms with Gasteiger partial charge in [-0.15, -0.1) is 0 Å². The molecule has 1 aromatic carbocycles. The second-order valence-corrected chi connectivity index (χ2v) is 4.25. The van der Waals surface area contributed by atoms with Gasteiger partial charge < -0.3 is 15.2 Å². The van der Waals surface area contributed by atoms with Crippen LogP contribution in [0.3, 0.4) is 0 Å². The molecule has 0 saturated heterocycles. The number of halogens is 1. The molecule has 1 rings (SSSR count). The summed E-state index contributed by atoms with van der Waals surface area (Å²) < 4.78 is 18.8. The number of hydrogen-bond acceptors (Lipinski definition) is 3. The number of rotatable bonds is 9. The van der Waals surface area contributed by atoms with E-state index < -0.39 is 11.8 Å². The maximum atomic E-state index is 13.4. The van der Waals surface area contributed by atoms with E-state index in [0.717, 1.165) is 25.9 Å². The molecule has 0 radical (unpaired) electrons. The first kappa shape index (κ1) is 15.4. The molecule has 0 unspecified atom stereocenters. The molecule has 0 bridgehead atoms. The topological polar surface area (TPSA) is 58.6 Å². The SMILES string of the molecule is CCCCOCCCNc1ccc(C(=O)O)c(F)c1. The lowest BCUT2D eigenvalue weighted by Gasteiger charge is -2.08. The van der Waals surface area contributed by atoms with Crippen molar-refractivity contribution in [2.75, 3.05) is 25.1 Å². The molecular formula is C14H20FNO3. The van der Waals surface area contributed by atoms with Gasteiger partial charge in [0, 0.05) is 25.4 Å². The van der Waals surface area contributed by atoms with Gasteiger partial charge in [0.25, 0.3) is 0 Å². The number of carboxylic acid groups (broad SMARTS) is 1. The molecule has 0 aliphatic heterocycles. The van der Waals surface area contributed by atoms with E-state index in [1.54, 1.807) is 6.07 Å². The Kier molecular flexibility index (Phi) is 6.89. The molecule has 106 valence electrons. The van der Waals surface area contributed by atoms with Crippen molar-refractivity contribution in [2.45, 2.75) is 26.2 Å². The molecule has 0 spiro atoms. The van der Waals surface area contributed by atoms with Crippen LogP contribution in [0.25, 0.3) is 0 Å². The maximum absolute atomic E-state index is 13.4. The third-order valence-corrected chi connectivity index (χ3v) is 2.64. The fourth-order valence-corrected chi connectivity index (χ4v) is 1.55. The standard InChI is InChI=1S/C14H20FNO3/c1-2-3-8-19-9-4-7-16-11-5-6-12(14(17)18)13(15)10-11/h5-6,10,16H,2-4,7-9H2,1H3,(H,17,18). The molecule has 0 amide bonds. The highest BCUT2D eigenvalue weighted by Gasteiger charge is 2.09. The lowest BCUT2D eigenvalue weighted by Crippen LogP contribution is -2.07. The Morgan fingerprint density at radius 2 is 2.11 bits per heavy atom. The van der Waals surface area contributed by atoms with E-state index in [-0.39, 0.29) is 5.56 Å². The molecule has 0 saturated carbocycles. The van der Waals surface area contributed by atoms with Crippen LogP contribution in [-0.4, -0.2) is 30.8 Å². The molecule has 4 nitrogen and oxygen atoms in total. The van der Waals surface area contributed by atoms with Gasteiger partial charge in [0.05, 0.1) is 5.56 Å². The van der Waals surface area contributed by atoms with E-state index in [2.05, 4.69) is 12.2 Å². The minimum atomic E-state index is -1.26. The second kappa shape index (κ2) is 8.48. The van der Waals surface area contributed by atoms with Gasteiger partial charge in [-0.25, -0.2) is 9.18 Å². The third-order valence-electron chi connectivity index (χ3n) is 2.64. The molecule has 0 aromatic heterocycles. The van der Waals surface area contributed by atoms with Crippen molar-refractivity contribution in [3.05, 3.63) is 29.6 Å². The highest BCUT2D eigenvalue weighted by Crippen LogP contribution is 2.14. The van der Waals surface area contributed by atoms with Crippen molar-refractivity contribution >= 4 is 11.7 Å². The molecule has 19 heavy (non-hydrogen) atoms. The molecule has 0 aliphatic carbocycles. The van der Waals surface area contributed by atoms with E-state index in [9.17, 15) is 9.18 Å². The van der Waals surface area contributed by atoms with Gasteiger partial charge in [-0.05, 0) is 31.0 Å². The Morgan fingerprint density at radius 1 is 1.37 bits per heavy atom. The van der Waals surface area contributed by atoms with Crippen LogP contribution in [-0.2, 0) is 4.74 Å². The molecule has 0 fully saturated rings. The number of benzene rings is 1. The lowest BCUT2D eigenvalue weighted by molar-refractivity contribution is 0.0692. The Balaban J connectivity index is 2.26. The van der Waals surface area contributed by atoms with E-state index in [0.29, 0.717) is 18.8 Å². The summed E-state index contributed by atoms with van der Waals surface area (Å²) in [5.41, 5.74) is 0.268. The smallest absolute Gasteiger partial charge is 0.338 e. The predicted molar refractivity (Wildman–Crippen MR) is 72.2 cm³/mol. The molecule has 1 aromatic rings. The lowest BCUT2D eigenvalue weighted by atomic mass is 10.2. The summed E-state index contributed by atoms with van der Waals surface area (Å²) in [6, 6.07) is 4.02. The zero-order valence-corrected chi connectivity index (χ0v) is 11.1. The second-order valence-electron chi connectivity index (χ2n) is 4.25. The summed E-state index contributed by atoms with van der Waals surface area (Å²) in [6.45, 7) is 4.22. The fourth-order valence-electron chi connectivity index (χ4n) is 1.55. The van der Waals surface area contributed by atoms with E-state index in [1.165, 1.54) is 12.1 Å². The Bertz CT molecular complexity index is 410. The molecule has 0 heterocycles. The van der Waals surface area contributed by atoms with Crippen LogP contribution in [0.4, 0.5) is 10.1 Å². The molecule has 0 atom stereocenters. The zero-order chi connectivity index (χ0) is 14.1. The summed E-state index contributed by atoms with van der Waals surface area (Å²) in [7, 11) is 0. The number of ether oxygens (including phenoxy) is 1. The summed E-state index contributed by atoms with van der Waals surface area (Å²) in [4.78, 5) is 10.6. The highest BCUT2D eigenvalue weighted by molar-refractivity contribution is 5.88. The van der Waals surface area contributed by atoms with Crippen LogP contribution in [0.2, 0.25) is 0 Å². The summed E-state index contributed by atoms with van der Waals surface area (Å²) in [5, 5.41) is 11.7. The zero-order valence-electron chi connectivity index (χ0n) is 11.1. The number of aromatic carboxylic acids is 1. The first-order valence-corrected chi connectivity index (χ1v) is 6.49. The quantitative estimate of drug-likeness (QED) is 0.676. The number of hydrogen-bond donors (Lipinski definition) is 2. The number of carboxylic acids is 1. The van der Waals surface area contributed by atoms with E-state index in [4.69, 9.17) is 9.84 Å². The number of anilines is 1. The van der Waals surface area contributed by atoms with Crippen molar-refractivity contribution in [3.63, 3.8) is 0 Å². The van der Waals surface area contributed by atoms with Gasteiger partial charge in [0.2, 0.25) is 0 Å². The summed E-state index contributed by atoms with van der Waals surface area (Å²) in [6.07, 6.45) is 3.01. The molecular weight excluding hydrogens is 249 g/mol. The Hall–Kier alpha value is -1.62. The van der Waals surface area contributed by atoms with E-state index >= 15 is 0 Å².